The van der Waals surface area contributed by atoms with E-state index in [9.17, 15) is 10.5 Å². The second-order valence-electron chi connectivity index (χ2n) is 7.50. The minimum absolute atomic E-state index is 0.0725. The Morgan fingerprint density at radius 1 is 0.654 bits per heavy atom. The smallest absolute Gasteiger partial charge is 0.0894 e. The molecule has 0 saturated heterocycles. The quantitative estimate of drug-likeness (QED) is 0.307. The SMILES string of the molecule is CCCCC(N=NC(CCCC)C(C#N)(CC)CC)C(C#N)(CC)CC. The molecule has 0 aromatic rings. The summed E-state index contributed by atoms with van der Waals surface area (Å²) < 4.78 is 0. The monoisotopic (exact) mass is 360 g/mol. The van der Waals surface area contributed by atoms with E-state index in [0.29, 0.717) is 0 Å². The van der Waals surface area contributed by atoms with Gasteiger partial charge >= 0.3 is 0 Å². The van der Waals surface area contributed by atoms with E-state index in [1.54, 1.807) is 0 Å². The first kappa shape index (κ1) is 24.6. The molecule has 0 bridgehead atoms. The fraction of sp³-hybridized carbons (Fsp3) is 0.909. The van der Waals surface area contributed by atoms with Crippen molar-refractivity contribution in [3.05, 3.63) is 0 Å². The molecule has 0 saturated carbocycles. The summed E-state index contributed by atoms with van der Waals surface area (Å²) in [6, 6.07) is 4.96. The highest BCUT2D eigenvalue weighted by molar-refractivity contribution is 5.07. The lowest BCUT2D eigenvalue weighted by atomic mass is 9.74. The fourth-order valence-corrected chi connectivity index (χ4v) is 3.75. The van der Waals surface area contributed by atoms with Crippen LogP contribution in [0.15, 0.2) is 10.2 Å². The normalized spacial score (nSPS) is 14.8. The van der Waals surface area contributed by atoms with Crippen molar-refractivity contribution < 1.29 is 0 Å². The topological polar surface area (TPSA) is 72.3 Å². The summed E-state index contributed by atoms with van der Waals surface area (Å²) in [5, 5.41) is 29.2. The molecule has 0 heterocycles. The van der Waals surface area contributed by atoms with Crippen LogP contribution >= 0.6 is 0 Å². The molecule has 148 valence electrons. The Morgan fingerprint density at radius 2 is 0.962 bits per heavy atom. The van der Waals surface area contributed by atoms with Crippen LogP contribution in [0.1, 0.15) is 106 Å². The maximum absolute atomic E-state index is 9.85. The predicted molar refractivity (Wildman–Crippen MR) is 109 cm³/mol. The molecule has 0 aromatic heterocycles. The van der Waals surface area contributed by atoms with Gasteiger partial charge in [0.2, 0.25) is 0 Å². The van der Waals surface area contributed by atoms with E-state index in [-0.39, 0.29) is 12.1 Å². The van der Waals surface area contributed by atoms with E-state index in [4.69, 9.17) is 10.2 Å². The second kappa shape index (κ2) is 12.9. The highest BCUT2D eigenvalue weighted by Crippen LogP contribution is 2.38. The van der Waals surface area contributed by atoms with Crippen LogP contribution in [0.4, 0.5) is 0 Å². The van der Waals surface area contributed by atoms with Crippen molar-refractivity contribution in [2.24, 2.45) is 21.1 Å². The van der Waals surface area contributed by atoms with Gasteiger partial charge in [-0.15, -0.1) is 0 Å². The van der Waals surface area contributed by atoms with Crippen molar-refractivity contribution in [3.63, 3.8) is 0 Å². The van der Waals surface area contributed by atoms with Gasteiger partial charge < -0.3 is 0 Å². The molecule has 0 radical (unpaired) electrons. The summed E-state index contributed by atoms with van der Waals surface area (Å²) >= 11 is 0. The Bertz CT molecular complexity index is 431. The van der Waals surface area contributed by atoms with Crippen molar-refractivity contribution in [3.8, 4) is 12.1 Å². The second-order valence-corrected chi connectivity index (χ2v) is 7.50. The number of nitrogens with zero attached hydrogens (tertiary/aromatic N) is 4. The maximum atomic E-state index is 9.85. The third-order valence-electron chi connectivity index (χ3n) is 6.25. The van der Waals surface area contributed by atoms with Crippen LogP contribution in [-0.4, -0.2) is 12.1 Å². The Balaban J connectivity index is 5.79. The Kier molecular flexibility index (Phi) is 12.2. The number of hydrogen-bond donors (Lipinski definition) is 0. The molecule has 0 aliphatic carbocycles. The number of azo groups is 1. The third-order valence-corrected chi connectivity index (χ3v) is 6.25. The number of unbranched alkanes of at least 4 members (excludes halogenated alkanes) is 2. The van der Waals surface area contributed by atoms with Gasteiger partial charge in [0.15, 0.2) is 0 Å². The van der Waals surface area contributed by atoms with Crippen LogP contribution in [0.25, 0.3) is 0 Å². The highest BCUT2D eigenvalue weighted by atomic mass is 15.2. The van der Waals surface area contributed by atoms with E-state index >= 15 is 0 Å². The molecule has 0 aromatic carbocycles. The van der Waals surface area contributed by atoms with E-state index in [1.807, 2.05) is 0 Å². The minimum Gasteiger partial charge on any atom is -0.198 e. The van der Waals surface area contributed by atoms with E-state index < -0.39 is 10.8 Å². The minimum atomic E-state index is -0.443. The molecule has 0 amide bonds. The lowest BCUT2D eigenvalue weighted by molar-refractivity contribution is 0.236. The maximum Gasteiger partial charge on any atom is 0.0894 e. The molecule has 4 heteroatoms. The molecule has 0 aliphatic rings. The van der Waals surface area contributed by atoms with Gasteiger partial charge in [0.1, 0.15) is 0 Å². The molecule has 0 fully saturated rings. The average molecular weight is 361 g/mol. The van der Waals surface area contributed by atoms with Crippen LogP contribution in [0.3, 0.4) is 0 Å². The summed E-state index contributed by atoms with van der Waals surface area (Å²) in [4.78, 5) is 0. The number of rotatable bonds is 14. The number of nitriles is 2. The fourth-order valence-electron chi connectivity index (χ4n) is 3.75. The Morgan fingerprint density at radius 3 is 1.15 bits per heavy atom. The zero-order valence-electron chi connectivity index (χ0n) is 18.0. The van der Waals surface area contributed by atoms with E-state index in [1.165, 1.54) is 0 Å². The Hall–Kier alpha value is -1.42. The van der Waals surface area contributed by atoms with Gasteiger partial charge in [0.05, 0.1) is 35.1 Å². The van der Waals surface area contributed by atoms with Crippen LogP contribution in [0.2, 0.25) is 0 Å². The molecular formula is C22H40N4. The first-order valence-electron chi connectivity index (χ1n) is 10.7. The summed E-state index contributed by atoms with van der Waals surface area (Å²) in [5.41, 5.74) is -0.885. The highest BCUT2D eigenvalue weighted by Gasteiger charge is 2.39. The molecule has 26 heavy (non-hydrogen) atoms. The third kappa shape index (κ3) is 6.08. The van der Waals surface area contributed by atoms with Gasteiger partial charge in [-0.2, -0.15) is 20.8 Å². The van der Waals surface area contributed by atoms with Gasteiger partial charge in [-0.1, -0.05) is 67.2 Å². The van der Waals surface area contributed by atoms with Crippen molar-refractivity contribution in [1.29, 1.82) is 10.5 Å². The standard InChI is InChI=1S/C22H40N4/c1-7-13-15-19(21(9-3,10-4)17-23)25-26-20(16-14-8-2)22(11-5,12-6)18-24/h19-20H,7-16H2,1-6H3. The Labute approximate surface area is 162 Å². The van der Waals surface area contributed by atoms with Crippen molar-refractivity contribution >= 4 is 0 Å². The lowest BCUT2D eigenvalue weighted by Crippen LogP contribution is -2.34. The van der Waals surface area contributed by atoms with Crippen molar-refractivity contribution in [2.75, 3.05) is 0 Å². The summed E-state index contributed by atoms with van der Waals surface area (Å²) in [6.45, 7) is 12.6. The van der Waals surface area contributed by atoms with Crippen molar-refractivity contribution in [2.45, 2.75) is 118 Å². The van der Waals surface area contributed by atoms with Crippen molar-refractivity contribution in [1.82, 2.24) is 0 Å². The molecule has 0 aliphatic heterocycles. The van der Waals surface area contributed by atoms with E-state index in [0.717, 1.165) is 64.2 Å². The van der Waals surface area contributed by atoms with E-state index in [2.05, 4.69) is 53.7 Å². The molecule has 2 atom stereocenters. The van der Waals surface area contributed by atoms with Gasteiger partial charge in [-0.05, 0) is 38.5 Å². The van der Waals surface area contributed by atoms with Gasteiger partial charge in [0.25, 0.3) is 0 Å². The summed E-state index contributed by atoms with van der Waals surface area (Å²) in [6.07, 6.45) is 9.24. The zero-order chi connectivity index (χ0) is 20.1. The molecule has 0 spiro atoms. The average Bonchev–Trinajstić information content (AvgIpc) is 2.69. The first-order valence-corrected chi connectivity index (χ1v) is 10.7. The zero-order valence-corrected chi connectivity index (χ0v) is 18.0. The van der Waals surface area contributed by atoms with Gasteiger partial charge in [-0.3, -0.25) is 0 Å². The molecule has 0 rings (SSSR count). The first-order chi connectivity index (χ1) is 12.5. The molecule has 0 N–H and O–H groups in total. The largest absolute Gasteiger partial charge is 0.198 e. The summed E-state index contributed by atoms with van der Waals surface area (Å²) in [7, 11) is 0. The number of hydrogen-bond acceptors (Lipinski definition) is 4. The van der Waals surface area contributed by atoms with Crippen LogP contribution in [0.5, 0.6) is 0 Å². The molecule has 2 unspecified atom stereocenters. The van der Waals surface area contributed by atoms with Gasteiger partial charge in [0, 0.05) is 0 Å². The van der Waals surface area contributed by atoms with Crippen LogP contribution in [0, 0.1) is 33.5 Å². The summed E-state index contributed by atoms with van der Waals surface area (Å²) in [5.74, 6) is 0. The predicted octanol–water partition coefficient (Wildman–Crippen LogP) is 7.22. The van der Waals surface area contributed by atoms with Crippen LogP contribution < -0.4 is 0 Å². The molecule has 4 nitrogen and oxygen atoms in total. The van der Waals surface area contributed by atoms with Crippen LogP contribution in [-0.2, 0) is 0 Å². The molecular weight excluding hydrogens is 320 g/mol. The van der Waals surface area contributed by atoms with Gasteiger partial charge in [-0.25, -0.2) is 0 Å². The lowest BCUT2D eigenvalue weighted by Gasteiger charge is -2.33.